The van der Waals surface area contributed by atoms with Crippen molar-refractivity contribution in [3.8, 4) is 5.88 Å². The van der Waals surface area contributed by atoms with Crippen molar-refractivity contribution in [3.63, 3.8) is 0 Å². The Labute approximate surface area is 137 Å². The van der Waals surface area contributed by atoms with Gasteiger partial charge in [-0.2, -0.15) is 0 Å². The van der Waals surface area contributed by atoms with Gasteiger partial charge in [-0.15, -0.1) is 10.2 Å². The van der Waals surface area contributed by atoms with Gasteiger partial charge in [0.25, 0.3) is 5.88 Å². The van der Waals surface area contributed by atoms with Gasteiger partial charge in [0, 0.05) is 13.0 Å². The normalized spacial score (nSPS) is 11.5. The van der Waals surface area contributed by atoms with Crippen LogP contribution < -0.4 is 16.2 Å². The van der Waals surface area contributed by atoms with E-state index in [1.807, 2.05) is 13.8 Å². The van der Waals surface area contributed by atoms with E-state index in [0.29, 0.717) is 23.8 Å². The molecule has 0 radical (unpaired) electrons. The zero-order valence-corrected chi connectivity index (χ0v) is 14.4. The van der Waals surface area contributed by atoms with E-state index in [9.17, 15) is 0 Å². The van der Waals surface area contributed by atoms with Crippen LogP contribution in [0.4, 0.5) is 5.82 Å². The van der Waals surface area contributed by atoms with Crippen LogP contribution in [0.25, 0.3) is 11.0 Å². The number of aromatic nitrogens is 4. The van der Waals surface area contributed by atoms with Crippen molar-refractivity contribution in [2.75, 3.05) is 12.3 Å². The lowest BCUT2D eigenvalue weighted by Crippen LogP contribution is -2.12. The maximum atomic E-state index is 6.00. The number of imidazole rings is 1. The van der Waals surface area contributed by atoms with Gasteiger partial charge in [0.05, 0.1) is 6.10 Å². The van der Waals surface area contributed by atoms with Gasteiger partial charge in [0.1, 0.15) is 16.9 Å². The molecule has 2 heterocycles. The van der Waals surface area contributed by atoms with E-state index >= 15 is 0 Å². The van der Waals surface area contributed by atoms with Crippen LogP contribution in [-0.2, 0) is 13.0 Å². The fourth-order valence-electron chi connectivity index (χ4n) is 2.57. The summed E-state index contributed by atoms with van der Waals surface area (Å²) < 4.78 is 8.02. The molecule has 0 aliphatic rings. The summed E-state index contributed by atoms with van der Waals surface area (Å²) in [4.78, 5) is 4.72. The van der Waals surface area contributed by atoms with E-state index in [2.05, 4.69) is 21.7 Å². The molecule has 0 aliphatic heterocycles. The van der Waals surface area contributed by atoms with Crippen LogP contribution >= 0.6 is 0 Å². The van der Waals surface area contributed by atoms with Crippen LogP contribution in [0.15, 0.2) is 0 Å². The van der Waals surface area contributed by atoms with E-state index in [1.165, 1.54) is 0 Å². The minimum absolute atomic E-state index is 0.0163. The minimum atomic E-state index is 0.0163. The first-order valence-electron chi connectivity index (χ1n) is 8.46. The van der Waals surface area contributed by atoms with E-state index in [-0.39, 0.29) is 6.10 Å². The lowest BCUT2D eigenvalue weighted by Gasteiger charge is -2.13. The number of unbranched alkanes of at least 4 members (excludes halogenated alkanes) is 2. The monoisotopic (exact) mass is 320 g/mol. The number of hydrogen-bond donors (Lipinski definition) is 2. The van der Waals surface area contributed by atoms with Gasteiger partial charge in [-0.05, 0) is 39.7 Å². The molecule has 0 unspecified atom stereocenters. The number of anilines is 1. The number of fused-ring (bicyclic) bond motifs is 1. The maximum absolute atomic E-state index is 6.00. The zero-order chi connectivity index (χ0) is 16.8. The highest BCUT2D eigenvalue weighted by molar-refractivity contribution is 5.88. The molecule has 7 heteroatoms. The van der Waals surface area contributed by atoms with Crippen molar-refractivity contribution in [3.05, 3.63) is 5.82 Å². The Morgan fingerprint density at radius 1 is 1.17 bits per heavy atom. The number of nitrogens with zero attached hydrogens (tertiary/aromatic N) is 4. The second kappa shape index (κ2) is 8.10. The number of ether oxygens (including phenoxy) is 1. The Morgan fingerprint density at radius 3 is 2.61 bits per heavy atom. The highest BCUT2D eigenvalue weighted by Gasteiger charge is 2.19. The molecule has 0 atom stereocenters. The van der Waals surface area contributed by atoms with Crippen LogP contribution in [0.1, 0.15) is 52.3 Å². The first-order chi connectivity index (χ1) is 11.1. The van der Waals surface area contributed by atoms with Crippen molar-refractivity contribution in [1.29, 1.82) is 0 Å². The second-order valence-electron chi connectivity index (χ2n) is 6.03. The third kappa shape index (κ3) is 4.10. The Balaban J connectivity index is 2.50. The van der Waals surface area contributed by atoms with Crippen LogP contribution in [0.3, 0.4) is 0 Å². The zero-order valence-electron chi connectivity index (χ0n) is 14.4. The predicted molar refractivity (Wildman–Crippen MR) is 92.4 cm³/mol. The molecule has 0 aliphatic carbocycles. The highest BCUT2D eigenvalue weighted by Crippen LogP contribution is 2.29. The van der Waals surface area contributed by atoms with Gasteiger partial charge >= 0.3 is 0 Å². The van der Waals surface area contributed by atoms with E-state index in [0.717, 1.165) is 50.0 Å². The standard InChI is InChI=1S/C16H28N6O/c1-4-5-8-12-19-13-14(22(12)10-7-6-9-17)16(23-11(2)3)21-20-15(13)18/h11H,4-10,17H2,1-3H3,(H2,18,20). The first kappa shape index (κ1) is 17.5. The average Bonchev–Trinajstić information content (AvgIpc) is 2.88. The number of aryl methyl sites for hydroxylation is 2. The molecule has 4 N–H and O–H groups in total. The van der Waals surface area contributed by atoms with Crippen LogP contribution in [0, 0.1) is 0 Å². The highest BCUT2D eigenvalue weighted by atomic mass is 16.5. The van der Waals surface area contributed by atoms with Gasteiger partial charge in [-0.3, -0.25) is 0 Å². The van der Waals surface area contributed by atoms with E-state index < -0.39 is 0 Å². The molecule has 0 saturated heterocycles. The minimum Gasteiger partial charge on any atom is -0.472 e. The van der Waals surface area contributed by atoms with E-state index in [1.54, 1.807) is 0 Å². The van der Waals surface area contributed by atoms with Crippen molar-refractivity contribution in [2.45, 2.75) is 65.5 Å². The van der Waals surface area contributed by atoms with Crippen molar-refractivity contribution in [2.24, 2.45) is 5.73 Å². The lowest BCUT2D eigenvalue weighted by atomic mass is 10.2. The molecule has 0 fully saturated rings. The second-order valence-corrected chi connectivity index (χ2v) is 6.03. The Hall–Kier alpha value is -1.89. The summed E-state index contributed by atoms with van der Waals surface area (Å²) in [5.41, 5.74) is 13.2. The third-order valence-electron chi connectivity index (χ3n) is 3.68. The first-order valence-corrected chi connectivity index (χ1v) is 8.46. The van der Waals surface area contributed by atoms with Crippen LogP contribution in [0.2, 0.25) is 0 Å². The number of nitrogens with two attached hydrogens (primary N) is 2. The fourth-order valence-corrected chi connectivity index (χ4v) is 2.57. The molecule has 128 valence electrons. The topological polar surface area (TPSA) is 105 Å². The van der Waals surface area contributed by atoms with Crippen molar-refractivity contribution >= 4 is 16.9 Å². The Morgan fingerprint density at radius 2 is 1.96 bits per heavy atom. The maximum Gasteiger partial charge on any atom is 0.260 e. The van der Waals surface area contributed by atoms with Crippen molar-refractivity contribution in [1.82, 2.24) is 19.7 Å². The molecule has 0 saturated carbocycles. The molecule has 0 spiro atoms. The number of hydrogen-bond acceptors (Lipinski definition) is 6. The molecular weight excluding hydrogens is 292 g/mol. The summed E-state index contributed by atoms with van der Waals surface area (Å²) >= 11 is 0. The summed E-state index contributed by atoms with van der Waals surface area (Å²) in [6.45, 7) is 7.64. The number of nitrogen functional groups attached to an aromatic ring is 1. The summed E-state index contributed by atoms with van der Waals surface area (Å²) in [5, 5.41) is 8.14. The molecule has 23 heavy (non-hydrogen) atoms. The molecule has 2 rings (SSSR count). The average molecular weight is 320 g/mol. The fraction of sp³-hybridized carbons (Fsp3) is 0.688. The molecule has 0 bridgehead atoms. The van der Waals surface area contributed by atoms with Crippen molar-refractivity contribution < 1.29 is 4.74 Å². The molecule has 2 aromatic heterocycles. The summed E-state index contributed by atoms with van der Waals surface area (Å²) in [6, 6.07) is 0. The molecular formula is C16H28N6O. The molecule has 0 aromatic carbocycles. The van der Waals surface area contributed by atoms with Crippen LogP contribution in [0.5, 0.6) is 5.88 Å². The lowest BCUT2D eigenvalue weighted by molar-refractivity contribution is 0.232. The van der Waals surface area contributed by atoms with Gasteiger partial charge in [0.15, 0.2) is 5.82 Å². The quantitative estimate of drug-likeness (QED) is 0.687. The van der Waals surface area contributed by atoms with Gasteiger partial charge in [-0.1, -0.05) is 13.3 Å². The summed E-state index contributed by atoms with van der Waals surface area (Å²) in [6.07, 6.45) is 5.09. The summed E-state index contributed by atoms with van der Waals surface area (Å²) in [7, 11) is 0. The van der Waals surface area contributed by atoms with E-state index in [4.69, 9.17) is 21.2 Å². The number of rotatable bonds is 9. The third-order valence-corrected chi connectivity index (χ3v) is 3.68. The molecule has 0 amide bonds. The molecule has 2 aromatic rings. The summed E-state index contributed by atoms with van der Waals surface area (Å²) in [5.74, 6) is 1.88. The van der Waals surface area contributed by atoms with Crippen LogP contribution in [-0.4, -0.2) is 32.4 Å². The van der Waals surface area contributed by atoms with Gasteiger partial charge < -0.3 is 20.8 Å². The Bertz CT molecular complexity index is 637. The Kier molecular flexibility index (Phi) is 6.15. The van der Waals surface area contributed by atoms with Gasteiger partial charge in [0.2, 0.25) is 0 Å². The largest absolute Gasteiger partial charge is 0.472 e. The molecule has 7 nitrogen and oxygen atoms in total. The predicted octanol–water partition coefficient (Wildman–Crippen LogP) is 2.28. The smallest absolute Gasteiger partial charge is 0.260 e. The SMILES string of the molecule is CCCCc1nc2c(N)nnc(OC(C)C)c2n1CCCCN. The van der Waals surface area contributed by atoms with Gasteiger partial charge in [-0.25, -0.2) is 4.98 Å².